The molecule has 4 nitrogen and oxygen atoms in total. The van der Waals surface area contributed by atoms with E-state index in [4.69, 9.17) is 4.42 Å². The Balaban J connectivity index is 0.00000208. The number of rotatable bonds is 4. The van der Waals surface area contributed by atoms with Gasteiger partial charge in [0.1, 0.15) is 17.1 Å². The molecule has 0 fully saturated rings. The molecule has 1 atom stereocenters. The third kappa shape index (κ3) is 3.87. The van der Waals surface area contributed by atoms with Gasteiger partial charge in [-0.25, -0.2) is 4.79 Å². The molecular weight excluding hydrogens is 331 g/mol. The molecule has 0 spiro atoms. The van der Waals surface area contributed by atoms with Gasteiger partial charge in [0.2, 0.25) is 0 Å². The smallest absolute Gasteiger partial charge is 0.507 e. The average molecular weight is 347 g/mol. The predicted octanol–water partition coefficient (Wildman–Crippen LogP) is 0.614. The molecule has 3 aromatic rings. The van der Waals surface area contributed by atoms with Gasteiger partial charge in [0.25, 0.3) is 0 Å². The van der Waals surface area contributed by atoms with Crippen LogP contribution in [0.4, 0.5) is 0 Å². The van der Waals surface area contributed by atoms with Crippen molar-refractivity contribution < 1.29 is 65.7 Å². The molecule has 5 heteroatoms. The molecule has 1 N–H and O–H groups in total. The van der Waals surface area contributed by atoms with Gasteiger partial charge in [-0.2, -0.15) is 0 Å². The number of hydrogen-bond donors (Lipinski definition) is 1. The number of carbonyl (C=O) groups excluding carboxylic acids is 1. The zero-order chi connectivity index (χ0) is 16.4. The number of aromatic hydroxyl groups is 1. The van der Waals surface area contributed by atoms with E-state index in [1.165, 1.54) is 6.92 Å². The molecule has 1 aromatic heterocycles. The number of benzene rings is 2. The summed E-state index contributed by atoms with van der Waals surface area (Å²) in [5.74, 6) is -0.715. The van der Waals surface area contributed by atoms with Crippen molar-refractivity contribution in [3.05, 3.63) is 76.1 Å². The fourth-order valence-corrected chi connectivity index (χ4v) is 2.81. The van der Waals surface area contributed by atoms with Gasteiger partial charge in [0, 0.05) is 12.3 Å². The van der Waals surface area contributed by atoms with Gasteiger partial charge in [-0.1, -0.05) is 42.5 Å². The maximum Gasteiger partial charge on any atom is 1.00 e. The zero-order valence-corrected chi connectivity index (χ0v) is 16.8. The van der Waals surface area contributed by atoms with Gasteiger partial charge in [-0.15, -0.1) is 0 Å². The van der Waals surface area contributed by atoms with Gasteiger partial charge in [0.05, 0.1) is 10.9 Å². The van der Waals surface area contributed by atoms with Crippen LogP contribution in [0.1, 0.15) is 30.4 Å². The molecule has 0 bridgehead atoms. The van der Waals surface area contributed by atoms with Gasteiger partial charge in [-0.05, 0) is 24.6 Å². The van der Waals surface area contributed by atoms with Gasteiger partial charge < -0.3 is 9.52 Å². The summed E-state index contributed by atoms with van der Waals surface area (Å²) in [6.45, 7) is 1.47. The summed E-state index contributed by atoms with van der Waals surface area (Å²) < 4.78 is 5.33. The first-order chi connectivity index (χ1) is 11.1. The van der Waals surface area contributed by atoms with Gasteiger partial charge in [-0.3, -0.25) is 4.79 Å². The van der Waals surface area contributed by atoms with E-state index in [0.717, 1.165) is 5.56 Å². The molecule has 0 saturated carbocycles. The molecule has 1 heterocycles. The summed E-state index contributed by atoms with van der Waals surface area (Å²) in [7, 11) is 0. The fourth-order valence-electron chi connectivity index (χ4n) is 2.81. The molecule has 0 aliphatic heterocycles. The van der Waals surface area contributed by atoms with Crippen molar-refractivity contribution in [1.82, 2.24) is 0 Å². The standard InChI is InChI=1S/C19H16O4.K/c1-12(20)11-15(13-7-3-2-4-8-13)17-18(21)14-9-5-6-10-16(14)23-19(17)22;/h2-10,15,21H,11H2,1H3;/q;+1. The largest absolute Gasteiger partial charge is 1.00 e. The molecule has 0 radical (unpaired) electrons. The van der Waals surface area contributed by atoms with E-state index in [-0.39, 0.29) is 74.9 Å². The van der Waals surface area contributed by atoms with Crippen LogP contribution in [0.25, 0.3) is 11.0 Å². The maximum absolute atomic E-state index is 12.4. The molecule has 1 unspecified atom stereocenters. The average Bonchev–Trinajstić information content (AvgIpc) is 2.54. The van der Waals surface area contributed by atoms with Crippen LogP contribution in [0.5, 0.6) is 5.75 Å². The normalized spacial score (nSPS) is 11.7. The van der Waals surface area contributed by atoms with Crippen LogP contribution in [0.15, 0.2) is 63.8 Å². The number of hydrogen-bond acceptors (Lipinski definition) is 4. The van der Waals surface area contributed by atoms with Gasteiger partial charge >= 0.3 is 57.0 Å². The SMILES string of the molecule is CC(=O)CC(c1ccccc1)c1c(O)c2ccccc2oc1=O.[K+]. The first-order valence-corrected chi connectivity index (χ1v) is 7.37. The minimum absolute atomic E-state index is 0. The second-order valence-electron chi connectivity index (χ2n) is 5.52. The third-order valence-electron chi connectivity index (χ3n) is 3.86. The van der Waals surface area contributed by atoms with Crippen LogP contribution in [0, 0.1) is 0 Å². The number of para-hydroxylation sites is 1. The second kappa shape index (κ2) is 8.23. The molecule has 24 heavy (non-hydrogen) atoms. The Morgan fingerprint density at radius 2 is 1.71 bits per heavy atom. The summed E-state index contributed by atoms with van der Waals surface area (Å²) in [6.07, 6.45) is 0.126. The maximum atomic E-state index is 12.4. The molecule has 116 valence electrons. The first kappa shape index (κ1) is 19.1. The van der Waals surface area contributed by atoms with E-state index in [1.807, 2.05) is 30.3 Å². The molecular formula is C19H16KO4+. The van der Waals surface area contributed by atoms with Crippen LogP contribution < -0.4 is 57.0 Å². The van der Waals surface area contributed by atoms with Crippen molar-refractivity contribution in [2.75, 3.05) is 0 Å². The topological polar surface area (TPSA) is 67.5 Å². The van der Waals surface area contributed by atoms with Crippen LogP contribution in [0.2, 0.25) is 0 Å². The van der Waals surface area contributed by atoms with E-state index in [1.54, 1.807) is 24.3 Å². The summed E-state index contributed by atoms with van der Waals surface area (Å²) in [6, 6.07) is 16.0. The molecule has 2 aromatic carbocycles. The summed E-state index contributed by atoms with van der Waals surface area (Å²) in [5.41, 5.74) is 0.635. The second-order valence-corrected chi connectivity index (χ2v) is 5.52. The van der Waals surface area contributed by atoms with E-state index < -0.39 is 11.5 Å². The third-order valence-corrected chi connectivity index (χ3v) is 3.86. The number of carbonyl (C=O) groups is 1. The van der Waals surface area contributed by atoms with Crippen molar-refractivity contribution >= 4 is 16.8 Å². The van der Waals surface area contributed by atoms with Crippen LogP contribution in [-0.2, 0) is 4.79 Å². The fraction of sp³-hybridized carbons (Fsp3) is 0.158. The van der Waals surface area contributed by atoms with Crippen molar-refractivity contribution in [3.63, 3.8) is 0 Å². The zero-order valence-electron chi connectivity index (χ0n) is 13.7. The van der Waals surface area contributed by atoms with E-state index >= 15 is 0 Å². The number of Topliss-reactive ketones (excluding diaryl/α,β-unsaturated/α-hetero) is 1. The Morgan fingerprint density at radius 3 is 2.38 bits per heavy atom. The molecule has 0 amide bonds. The monoisotopic (exact) mass is 347 g/mol. The molecule has 3 rings (SSSR count). The van der Waals surface area contributed by atoms with Crippen molar-refractivity contribution in [1.29, 1.82) is 0 Å². The minimum atomic E-state index is -0.615. The van der Waals surface area contributed by atoms with Crippen LogP contribution in [0.3, 0.4) is 0 Å². The predicted molar refractivity (Wildman–Crippen MR) is 87.7 cm³/mol. The first-order valence-electron chi connectivity index (χ1n) is 7.37. The van der Waals surface area contributed by atoms with Crippen molar-refractivity contribution in [2.24, 2.45) is 0 Å². The van der Waals surface area contributed by atoms with E-state index in [9.17, 15) is 14.7 Å². The van der Waals surface area contributed by atoms with Crippen molar-refractivity contribution in [3.8, 4) is 5.75 Å². The summed E-state index contributed by atoms with van der Waals surface area (Å²) in [4.78, 5) is 24.1. The van der Waals surface area contributed by atoms with Gasteiger partial charge in [0.15, 0.2) is 0 Å². The quantitative estimate of drug-likeness (QED) is 0.555. The number of ketones is 1. The van der Waals surface area contributed by atoms with Crippen molar-refractivity contribution in [2.45, 2.75) is 19.3 Å². The Kier molecular flexibility index (Phi) is 6.54. The minimum Gasteiger partial charge on any atom is -0.507 e. The Morgan fingerprint density at radius 1 is 1.08 bits per heavy atom. The summed E-state index contributed by atoms with van der Waals surface area (Å²) >= 11 is 0. The Bertz CT molecular complexity index is 916. The van der Waals surface area contributed by atoms with Crippen LogP contribution >= 0.6 is 0 Å². The molecule has 0 aliphatic carbocycles. The number of fused-ring (bicyclic) bond motifs is 1. The molecule has 0 aliphatic rings. The van der Waals surface area contributed by atoms with E-state index in [2.05, 4.69) is 0 Å². The Labute approximate surface area is 181 Å². The van der Waals surface area contributed by atoms with E-state index in [0.29, 0.717) is 11.0 Å². The molecule has 0 saturated heterocycles. The van der Waals surface area contributed by atoms with Crippen LogP contribution in [-0.4, -0.2) is 10.9 Å². The Hall–Kier alpha value is -1.24. The summed E-state index contributed by atoms with van der Waals surface area (Å²) in [5, 5.41) is 11.1.